The van der Waals surface area contributed by atoms with Gasteiger partial charge >= 0.3 is 5.97 Å². The van der Waals surface area contributed by atoms with Crippen molar-refractivity contribution in [1.82, 2.24) is 0 Å². The van der Waals surface area contributed by atoms with Crippen LogP contribution < -0.4 is 5.73 Å². The molecule has 1 aromatic rings. The number of hydrogen-bond acceptors (Lipinski definition) is 4. The standard InChI is InChI=1S/C21H31NO4/c1-4-15(3)6-11-18(19(23)26-5-2)16-7-9-17(10-8-16)21(20(22)24)12-13-25-14-21/h7-10,15,18H,4-6,11-14H2,1-3H3,(H2,22,24). The summed E-state index contributed by atoms with van der Waals surface area (Å²) in [5.41, 5.74) is 6.68. The quantitative estimate of drug-likeness (QED) is 0.685. The molecule has 2 rings (SSSR count). The van der Waals surface area contributed by atoms with Gasteiger partial charge in [-0.15, -0.1) is 0 Å². The molecule has 0 aromatic heterocycles. The first kappa shape index (κ1) is 20.4. The smallest absolute Gasteiger partial charge is 0.313 e. The molecule has 5 heteroatoms. The predicted molar refractivity (Wildman–Crippen MR) is 101 cm³/mol. The lowest BCUT2D eigenvalue weighted by Gasteiger charge is -2.25. The molecule has 26 heavy (non-hydrogen) atoms. The van der Waals surface area contributed by atoms with E-state index in [0.717, 1.165) is 30.4 Å². The first-order valence-corrected chi connectivity index (χ1v) is 9.59. The summed E-state index contributed by atoms with van der Waals surface area (Å²) in [6.07, 6.45) is 3.42. The van der Waals surface area contributed by atoms with Crippen LogP contribution in [0.3, 0.4) is 0 Å². The summed E-state index contributed by atoms with van der Waals surface area (Å²) in [5.74, 6) is -0.249. The Kier molecular flexibility index (Phi) is 7.21. The number of nitrogens with two attached hydrogens (primary N) is 1. The Morgan fingerprint density at radius 1 is 1.23 bits per heavy atom. The summed E-state index contributed by atoms with van der Waals surface area (Å²) in [4.78, 5) is 24.5. The summed E-state index contributed by atoms with van der Waals surface area (Å²) >= 11 is 0. The minimum atomic E-state index is -0.755. The molecule has 0 saturated carbocycles. The SMILES string of the molecule is CCOC(=O)C(CCC(C)CC)c1ccc(C2(C(N)=O)CCOC2)cc1. The van der Waals surface area contributed by atoms with Crippen molar-refractivity contribution in [2.75, 3.05) is 19.8 Å². The van der Waals surface area contributed by atoms with Gasteiger partial charge in [-0.05, 0) is 43.2 Å². The number of ether oxygens (including phenoxy) is 2. The second-order valence-electron chi connectivity index (χ2n) is 7.27. The van der Waals surface area contributed by atoms with Crippen LogP contribution in [0.2, 0.25) is 0 Å². The first-order chi connectivity index (χ1) is 12.4. The lowest BCUT2D eigenvalue weighted by molar-refractivity contribution is -0.145. The van der Waals surface area contributed by atoms with Gasteiger partial charge < -0.3 is 15.2 Å². The maximum atomic E-state index is 12.4. The van der Waals surface area contributed by atoms with E-state index < -0.39 is 5.41 Å². The number of esters is 1. The van der Waals surface area contributed by atoms with Crippen molar-refractivity contribution in [1.29, 1.82) is 0 Å². The highest BCUT2D eigenvalue weighted by atomic mass is 16.5. The average Bonchev–Trinajstić information content (AvgIpc) is 3.13. The van der Waals surface area contributed by atoms with Crippen molar-refractivity contribution in [2.45, 2.75) is 57.8 Å². The number of carbonyl (C=O) groups excluding carboxylic acids is 2. The van der Waals surface area contributed by atoms with Gasteiger partial charge in [-0.3, -0.25) is 9.59 Å². The second-order valence-corrected chi connectivity index (χ2v) is 7.27. The minimum Gasteiger partial charge on any atom is -0.466 e. The third-order valence-electron chi connectivity index (χ3n) is 5.58. The van der Waals surface area contributed by atoms with Crippen molar-refractivity contribution >= 4 is 11.9 Å². The van der Waals surface area contributed by atoms with E-state index in [2.05, 4.69) is 13.8 Å². The molecule has 1 saturated heterocycles. The topological polar surface area (TPSA) is 78.6 Å². The zero-order chi connectivity index (χ0) is 19.2. The Morgan fingerprint density at radius 3 is 2.42 bits per heavy atom. The molecule has 1 heterocycles. The van der Waals surface area contributed by atoms with Crippen molar-refractivity contribution in [3.05, 3.63) is 35.4 Å². The predicted octanol–water partition coefficient (Wildman–Crippen LogP) is 3.30. The number of carbonyl (C=O) groups is 2. The van der Waals surface area contributed by atoms with Gasteiger partial charge in [0.15, 0.2) is 0 Å². The van der Waals surface area contributed by atoms with Crippen molar-refractivity contribution < 1.29 is 19.1 Å². The fourth-order valence-electron chi connectivity index (χ4n) is 3.48. The highest BCUT2D eigenvalue weighted by molar-refractivity contribution is 5.87. The van der Waals surface area contributed by atoms with Crippen LogP contribution >= 0.6 is 0 Å². The van der Waals surface area contributed by atoms with Crippen LogP contribution in [0, 0.1) is 5.92 Å². The number of primary amides is 1. The van der Waals surface area contributed by atoms with E-state index in [1.807, 2.05) is 31.2 Å². The van der Waals surface area contributed by atoms with Gasteiger partial charge in [-0.2, -0.15) is 0 Å². The summed E-state index contributed by atoms with van der Waals surface area (Å²) < 4.78 is 10.7. The van der Waals surface area contributed by atoms with Gasteiger partial charge in [0, 0.05) is 6.61 Å². The molecule has 3 atom stereocenters. The zero-order valence-corrected chi connectivity index (χ0v) is 16.1. The lowest BCUT2D eigenvalue weighted by Crippen LogP contribution is -2.41. The van der Waals surface area contributed by atoms with Gasteiger partial charge in [0.25, 0.3) is 0 Å². The zero-order valence-electron chi connectivity index (χ0n) is 16.1. The third kappa shape index (κ3) is 4.44. The Morgan fingerprint density at radius 2 is 1.92 bits per heavy atom. The molecular formula is C21H31NO4. The summed E-state index contributed by atoms with van der Waals surface area (Å²) in [5, 5.41) is 0. The molecule has 5 nitrogen and oxygen atoms in total. The van der Waals surface area contributed by atoms with Gasteiger partial charge in [0.1, 0.15) is 0 Å². The second kappa shape index (κ2) is 9.17. The van der Waals surface area contributed by atoms with E-state index >= 15 is 0 Å². The van der Waals surface area contributed by atoms with Gasteiger partial charge in [0.2, 0.25) is 5.91 Å². The highest BCUT2D eigenvalue weighted by Gasteiger charge is 2.42. The third-order valence-corrected chi connectivity index (χ3v) is 5.58. The molecule has 1 aromatic carbocycles. The molecule has 0 spiro atoms. The summed E-state index contributed by atoms with van der Waals surface area (Å²) in [7, 11) is 0. The Hall–Kier alpha value is -1.88. The molecule has 1 aliphatic rings. The average molecular weight is 361 g/mol. The summed E-state index contributed by atoms with van der Waals surface area (Å²) in [6.45, 7) is 7.40. The van der Waals surface area contributed by atoms with Crippen molar-refractivity contribution in [3.63, 3.8) is 0 Å². The molecule has 0 bridgehead atoms. The monoisotopic (exact) mass is 361 g/mol. The molecule has 1 amide bonds. The van der Waals surface area contributed by atoms with Crippen LogP contribution in [0.25, 0.3) is 0 Å². The Labute approximate surface area is 156 Å². The fourth-order valence-corrected chi connectivity index (χ4v) is 3.48. The van der Waals surface area contributed by atoms with Crippen molar-refractivity contribution in [3.8, 4) is 0 Å². The summed E-state index contributed by atoms with van der Waals surface area (Å²) in [6, 6.07) is 7.67. The van der Waals surface area contributed by atoms with Crippen LogP contribution in [-0.4, -0.2) is 31.7 Å². The van der Waals surface area contributed by atoms with Crippen LogP contribution in [-0.2, 0) is 24.5 Å². The molecule has 0 radical (unpaired) electrons. The van der Waals surface area contributed by atoms with E-state index in [1.54, 1.807) is 0 Å². The van der Waals surface area contributed by atoms with Crippen molar-refractivity contribution in [2.24, 2.45) is 11.7 Å². The van der Waals surface area contributed by atoms with E-state index in [1.165, 1.54) is 0 Å². The normalized spacial score (nSPS) is 22.0. The first-order valence-electron chi connectivity index (χ1n) is 9.59. The number of hydrogen-bond donors (Lipinski definition) is 1. The largest absolute Gasteiger partial charge is 0.466 e. The van der Waals surface area contributed by atoms with Gasteiger partial charge in [-0.1, -0.05) is 44.5 Å². The van der Waals surface area contributed by atoms with Gasteiger partial charge in [0.05, 0.1) is 24.5 Å². The Bertz CT molecular complexity index is 605. The van der Waals surface area contributed by atoms with Crippen LogP contribution in [0.1, 0.15) is 63.5 Å². The van der Waals surface area contributed by atoms with E-state index in [9.17, 15) is 9.59 Å². The number of benzene rings is 1. The molecule has 3 unspecified atom stereocenters. The van der Waals surface area contributed by atoms with E-state index in [4.69, 9.17) is 15.2 Å². The number of amides is 1. The number of rotatable bonds is 9. The maximum Gasteiger partial charge on any atom is 0.313 e. The lowest BCUT2D eigenvalue weighted by atomic mass is 9.78. The van der Waals surface area contributed by atoms with Crippen LogP contribution in [0.15, 0.2) is 24.3 Å². The van der Waals surface area contributed by atoms with Crippen LogP contribution in [0.5, 0.6) is 0 Å². The van der Waals surface area contributed by atoms with E-state index in [0.29, 0.717) is 32.2 Å². The molecule has 2 N–H and O–H groups in total. The fraction of sp³-hybridized carbons (Fsp3) is 0.619. The van der Waals surface area contributed by atoms with Gasteiger partial charge in [-0.25, -0.2) is 0 Å². The molecular weight excluding hydrogens is 330 g/mol. The maximum absolute atomic E-state index is 12.4. The molecule has 144 valence electrons. The highest BCUT2D eigenvalue weighted by Crippen LogP contribution is 2.34. The molecule has 1 fully saturated rings. The van der Waals surface area contributed by atoms with E-state index in [-0.39, 0.29) is 17.8 Å². The molecule has 0 aliphatic carbocycles. The molecule has 1 aliphatic heterocycles. The minimum absolute atomic E-state index is 0.183. The van der Waals surface area contributed by atoms with Crippen LogP contribution in [0.4, 0.5) is 0 Å². The Balaban J connectivity index is 2.23.